The van der Waals surface area contributed by atoms with E-state index in [0.717, 1.165) is 25.7 Å². The van der Waals surface area contributed by atoms with E-state index in [4.69, 9.17) is 0 Å². The summed E-state index contributed by atoms with van der Waals surface area (Å²) in [5.41, 5.74) is 5.50. The molecule has 25 heavy (non-hydrogen) atoms. The molecule has 2 rings (SSSR count). The minimum absolute atomic E-state index is 0.219. The third-order valence-electron chi connectivity index (χ3n) is 4.19. The molecule has 7 heteroatoms. The van der Waals surface area contributed by atoms with Crippen molar-refractivity contribution in [2.24, 2.45) is 5.41 Å². The Kier molecular flexibility index (Phi) is 6.21. The predicted molar refractivity (Wildman–Crippen MR) is 98.2 cm³/mol. The molecular formula is C18H27N3O3S. The van der Waals surface area contributed by atoms with E-state index in [1.807, 2.05) is 6.07 Å². The summed E-state index contributed by atoms with van der Waals surface area (Å²) in [6, 6.07) is 1.20. The van der Waals surface area contributed by atoms with E-state index in [0.29, 0.717) is 4.88 Å². The van der Waals surface area contributed by atoms with Crippen LogP contribution in [0.25, 0.3) is 0 Å². The van der Waals surface area contributed by atoms with Gasteiger partial charge in [-0.1, -0.05) is 27.2 Å². The predicted octanol–water partition coefficient (Wildman–Crippen LogP) is 2.33. The highest BCUT2D eigenvalue weighted by Crippen LogP contribution is 2.28. The van der Waals surface area contributed by atoms with E-state index < -0.39 is 17.4 Å². The molecule has 6 nitrogen and oxygen atoms in total. The molecule has 3 N–H and O–H groups in total. The number of fused-ring (bicyclic) bond motifs is 1. The van der Waals surface area contributed by atoms with Crippen molar-refractivity contribution in [2.75, 3.05) is 0 Å². The van der Waals surface area contributed by atoms with Gasteiger partial charge in [0.15, 0.2) is 0 Å². The number of hydrogen-bond acceptors (Lipinski definition) is 4. The first kappa shape index (κ1) is 19.4. The number of carbonyl (C=O) groups excluding carboxylic acids is 3. The van der Waals surface area contributed by atoms with Crippen LogP contribution in [0.4, 0.5) is 0 Å². The van der Waals surface area contributed by atoms with Crippen LogP contribution < -0.4 is 16.2 Å². The number of hydrazine groups is 1. The van der Waals surface area contributed by atoms with Gasteiger partial charge in [-0.3, -0.25) is 25.2 Å². The molecule has 0 spiro atoms. The zero-order valence-electron chi connectivity index (χ0n) is 15.3. The molecule has 0 radical (unpaired) electrons. The fourth-order valence-electron chi connectivity index (χ4n) is 2.55. The van der Waals surface area contributed by atoms with Crippen LogP contribution in [-0.4, -0.2) is 23.8 Å². The molecule has 0 bridgehead atoms. The number of thiophene rings is 1. The Labute approximate surface area is 152 Å². The molecule has 0 saturated carbocycles. The maximum Gasteiger partial charge on any atom is 0.279 e. The lowest BCUT2D eigenvalue weighted by molar-refractivity contribution is -0.133. The average Bonchev–Trinajstić information content (AvgIpc) is 2.82. The van der Waals surface area contributed by atoms with E-state index in [1.54, 1.807) is 27.7 Å². The Morgan fingerprint density at radius 1 is 1.08 bits per heavy atom. The maximum atomic E-state index is 12.3. The number of amides is 3. The van der Waals surface area contributed by atoms with Gasteiger partial charge in [-0.05, 0) is 44.2 Å². The number of aryl methyl sites for hydroxylation is 2. The molecular weight excluding hydrogens is 338 g/mol. The normalized spacial score (nSPS) is 15.5. The first-order chi connectivity index (χ1) is 11.7. The molecule has 1 heterocycles. The van der Waals surface area contributed by atoms with Crippen LogP contribution in [0.15, 0.2) is 6.07 Å². The van der Waals surface area contributed by atoms with Crippen molar-refractivity contribution in [1.29, 1.82) is 0 Å². The topological polar surface area (TPSA) is 87.3 Å². The number of rotatable bonds is 3. The molecule has 1 aromatic rings. The van der Waals surface area contributed by atoms with Crippen molar-refractivity contribution in [2.45, 2.75) is 65.8 Å². The van der Waals surface area contributed by atoms with Crippen LogP contribution >= 0.6 is 11.3 Å². The van der Waals surface area contributed by atoms with Gasteiger partial charge in [0.2, 0.25) is 5.91 Å². The molecule has 1 aromatic heterocycles. The van der Waals surface area contributed by atoms with Crippen LogP contribution in [0.2, 0.25) is 0 Å². The summed E-state index contributed by atoms with van der Waals surface area (Å²) < 4.78 is 0. The van der Waals surface area contributed by atoms with Crippen LogP contribution in [0, 0.1) is 5.41 Å². The largest absolute Gasteiger partial charge is 0.344 e. The van der Waals surface area contributed by atoms with Gasteiger partial charge in [0.25, 0.3) is 11.8 Å². The van der Waals surface area contributed by atoms with Gasteiger partial charge in [0.1, 0.15) is 6.04 Å². The van der Waals surface area contributed by atoms with E-state index in [9.17, 15) is 14.4 Å². The Hall–Kier alpha value is -1.89. The molecule has 138 valence electrons. The van der Waals surface area contributed by atoms with Crippen molar-refractivity contribution >= 4 is 29.1 Å². The highest BCUT2D eigenvalue weighted by atomic mass is 32.1. The van der Waals surface area contributed by atoms with Gasteiger partial charge in [-0.15, -0.1) is 11.3 Å². The van der Waals surface area contributed by atoms with Gasteiger partial charge in [-0.25, -0.2) is 0 Å². The van der Waals surface area contributed by atoms with E-state index >= 15 is 0 Å². The van der Waals surface area contributed by atoms with Gasteiger partial charge in [-0.2, -0.15) is 0 Å². The van der Waals surface area contributed by atoms with Crippen molar-refractivity contribution in [3.63, 3.8) is 0 Å². The first-order valence-corrected chi connectivity index (χ1v) is 9.53. The fraction of sp³-hybridized carbons (Fsp3) is 0.611. The van der Waals surface area contributed by atoms with Crippen LogP contribution in [0.3, 0.4) is 0 Å². The fourth-order valence-corrected chi connectivity index (χ4v) is 3.70. The summed E-state index contributed by atoms with van der Waals surface area (Å²) in [4.78, 5) is 38.1. The quantitative estimate of drug-likeness (QED) is 0.567. The van der Waals surface area contributed by atoms with Crippen molar-refractivity contribution in [1.82, 2.24) is 16.2 Å². The molecule has 0 saturated heterocycles. The molecule has 0 aromatic carbocycles. The minimum Gasteiger partial charge on any atom is -0.344 e. The summed E-state index contributed by atoms with van der Waals surface area (Å²) >= 11 is 1.50. The second-order valence-electron chi connectivity index (χ2n) is 7.51. The summed E-state index contributed by atoms with van der Waals surface area (Å²) in [7, 11) is 0. The smallest absolute Gasteiger partial charge is 0.279 e. The minimum atomic E-state index is -0.730. The van der Waals surface area contributed by atoms with Gasteiger partial charge >= 0.3 is 0 Å². The lowest BCUT2D eigenvalue weighted by Crippen LogP contribution is -2.52. The van der Waals surface area contributed by atoms with E-state index in [-0.39, 0.29) is 11.8 Å². The molecule has 0 aliphatic heterocycles. The summed E-state index contributed by atoms with van der Waals surface area (Å²) in [5, 5.41) is 2.63. The summed E-state index contributed by atoms with van der Waals surface area (Å²) in [6.45, 7) is 6.90. The second-order valence-corrected chi connectivity index (χ2v) is 8.64. The lowest BCUT2D eigenvalue weighted by atomic mass is 9.95. The van der Waals surface area contributed by atoms with Gasteiger partial charge in [0.05, 0.1) is 4.88 Å². The Morgan fingerprint density at radius 3 is 2.44 bits per heavy atom. The van der Waals surface area contributed by atoms with Crippen LogP contribution in [-0.2, 0) is 22.4 Å². The second kappa shape index (κ2) is 7.99. The molecule has 3 amide bonds. The van der Waals surface area contributed by atoms with E-state index in [1.165, 1.54) is 28.2 Å². The van der Waals surface area contributed by atoms with Gasteiger partial charge < -0.3 is 5.32 Å². The molecule has 1 unspecified atom stereocenters. The lowest BCUT2D eigenvalue weighted by Gasteiger charge is -2.21. The Bertz CT molecular complexity index is 638. The Balaban J connectivity index is 1.87. The zero-order valence-corrected chi connectivity index (χ0v) is 16.1. The molecule has 1 atom stereocenters. The molecule has 1 aliphatic carbocycles. The highest BCUT2D eigenvalue weighted by molar-refractivity contribution is 7.14. The standard InChI is InChI=1S/C18H27N3O3S/c1-11(19-17(24)18(2,3)4)15(22)20-21-16(23)14-10-12-8-6-5-7-9-13(12)25-14/h10-11H,5-9H2,1-4H3,(H,19,24)(H,20,22)(H,21,23). The molecule has 0 fully saturated rings. The maximum absolute atomic E-state index is 12.3. The van der Waals surface area contributed by atoms with E-state index in [2.05, 4.69) is 16.2 Å². The molecule has 1 aliphatic rings. The van der Waals surface area contributed by atoms with Gasteiger partial charge in [0, 0.05) is 10.3 Å². The summed E-state index contributed by atoms with van der Waals surface area (Å²) in [5.74, 6) is -0.992. The number of carbonyl (C=O) groups is 3. The monoisotopic (exact) mass is 365 g/mol. The SMILES string of the molecule is CC(NC(=O)C(C)(C)C)C(=O)NNC(=O)c1cc2c(s1)CCCCC2. The van der Waals surface area contributed by atoms with Crippen molar-refractivity contribution in [3.8, 4) is 0 Å². The third kappa shape index (κ3) is 5.29. The van der Waals surface area contributed by atoms with Crippen LogP contribution in [0.5, 0.6) is 0 Å². The first-order valence-electron chi connectivity index (χ1n) is 8.71. The zero-order chi connectivity index (χ0) is 18.6. The number of hydrogen-bond donors (Lipinski definition) is 3. The summed E-state index contributed by atoms with van der Waals surface area (Å²) in [6.07, 6.45) is 5.59. The number of nitrogens with one attached hydrogen (secondary N) is 3. The average molecular weight is 365 g/mol. The van der Waals surface area contributed by atoms with Crippen molar-refractivity contribution in [3.05, 3.63) is 21.4 Å². The Morgan fingerprint density at radius 2 is 1.76 bits per heavy atom. The van der Waals surface area contributed by atoms with Crippen LogP contribution in [0.1, 0.15) is 67.1 Å². The van der Waals surface area contributed by atoms with Crippen molar-refractivity contribution < 1.29 is 14.4 Å². The highest BCUT2D eigenvalue weighted by Gasteiger charge is 2.25. The third-order valence-corrected chi connectivity index (χ3v) is 5.43.